The van der Waals surface area contributed by atoms with E-state index in [1.165, 1.54) is 7.11 Å². The van der Waals surface area contributed by atoms with Gasteiger partial charge in [0, 0.05) is 11.4 Å². The molecule has 2 rings (SSSR count). The highest BCUT2D eigenvalue weighted by atomic mass is 35.5. The van der Waals surface area contributed by atoms with Crippen LogP contribution in [-0.2, 0) is 17.8 Å². The number of nitrogens with zero attached hydrogens (tertiary/aromatic N) is 3. The molecular formula is C17H23ClN4O3. The van der Waals surface area contributed by atoms with E-state index in [1.54, 1.807) is 30.1 Å². The molecule has 8 heteroatoms. The molecule has 7 nitrogen and oxygen atoms in total. The molecule has 2 aromatic rings. The van der Waals surface area contributed by atoms with Crippen LogP contribution in [0.4, 0.5) is 5.69 Å². The second-order valence-corrected chi connectivity index (χ2v) is 6.70. The molecule has 0 aliphatic rings. The van der Waals surface area contributed by atoms with E-state index in [0.29, 0.717) is 40.6 Å². The van der Waals surface area contributed by atoms with E-state index in [4.69, 9.17) is 20.9 Å². The number of hydrogen-bond donors (Lipinski definition) is 1. The number of nitrogens with one attached hydrogen (secondary N) is 1. The maximum Gasteiger partial charge on any atom is 0.240 e. The summed E-state index contributed by atoms with van der Waals surface area (Å²) in [5, 5.41) is 7.26. The lowest BCUT2D eigenvalue weighted by Crippen LogP contribution is -2.30. The Morgan fingerprint density at radius 1 is 1.44 bits per heavy atom. The number of amides is 1. The molecule has 0 fully saturated rings. The molecular weight excluding hydrogens is 344 g/mol. The van der Waals surface area contributed by atoms with Gasteiger partial charge < -0.3 is 14.6 Å². The van der Waals surface area contributed by atoms with Gasteiger partial charge in [-0.25, -0.2) is 0 Å². The zero-order chi connectivity index (χ0) is 18.4. The molecule has 1 amide bonds. The number of carbonyl (C=O) groups excluding carboxylic acids is 1. The van der Waals surface area contributed by atoms with Crippen molar-refractivity contribution in [2.45, 2.75) is 26.8 Å². The quantitative estimate of drug-likeness (QED) is 0.773. The van der Waals surface area contributed by atoms with Gasteiger partial charge in [-0.3, -0.25) is 9.69 Å². The van der Waals surface area contributed by atoms with E-state index in [0.717, 1.165) is 6.42 Å². The molecule has 0 bridgehead atoms. The van der Waals surface area contributed by atoms with Gasteiger partial charge in [-0.1, -0.05) is 30.6 Å². The average molecular weight is 367 g/mol. The van der Waals surface area contributed by atoms with E-state index in [1.807, 2.05) is 0 Å². The Morgan fingerprint density at radius 2 is 2.20 bits per heavy atom. The fourth-order valence-electron chi connectivity index (χ4n) is 2.30. The number of anilines is 1. The first-order chi connectivity index (χ1) is 11.9. The van der Waals surface area contributed by atoms with Crippen LogP contribution < -0.4 is 10.1 Å². The van der Waals surface area contributed by atoms with Crippen LogP contribution in [0.5, 0.6) is 5.75 Å². The van der Waals surface area contributed by atoms with E-state index >= 15 is 0 Å². The maximum absolute atomic E-state index is 12.2. The molecule has 1 heterocycles. The lowest BCUT2D eigenvalue weighted by molar-refractivity contribution is -0.117. The van der Waals surface area contributed by atoms with Gasteiger partial charge in [0.1, 0.15) is 5.75 Å². The van der Waals surface area contributed by atoms with Crippen molar-refractivity contribution in [2.75, 3.05) is 26.0 Å². The third-order valence-electron chi connectivity index (χ3n) is 3.36. The lowest BCUT2D eigenvalue weighted by Gasteiger charge is -2.15. The van der Waals surface area contributed by atoms with Crippen LogP contribution in [0.25, 0.3) is 0 Å². The van der Waals surface area contributed by atoms with Crippen molar-refractivity contribution in [3.8, 4) is 5.75 Å². The number of rotatable bonds is 8. The molecule has 25 heavy (non-hydrogen) atoms. The van der Waals surface area contributed by atoms with Gasteiger partial charge in [-0.05, 0) is 31.2 Å². The maximum atomic E-state index is 12.2. The number of methoxy groups -OCH3 is 1. The molecule has 0 aliphatic heterocycles. The van der Waals surface area contributed by atoms with Gasteiger partial charge in [-0.2, -0.15) is 4.98 Å². The Labute approximate surface area is 152 Å². The highest BCUT2D eigenvalue weighted by molar-refractivity contribution is 6.31. The van der Waals surface area contributed by atoms with Crippen LogP contribution in [0, 0.1) is 5.92 Å². The fourth-order valence-corrected chi connectivity index (χ4v) is 2.47. The normalized spacial score (nSPS) is 11.2. The van der Waals surface area contributed by atoms with Crippen LogP contribution in [0.1, 0.15) is 25.6 Å². The SMILES string of the molecule is COc1ccc(Cl)cc1NC(=O)CN(C)Cc1nc(CC(C)C)no1. The monoisotopic (exact) mass is 366 g/mol. The number of halogens is 1. The van der Waals surface area contributed by atoms with Crippen molar-refractivity contribution < 1.29 is 14.1 Å². The van der Waals surface area contributed by atoms with Crippen molar-refractivity contribution in [1.29, 1.82) is 0 Å². The molecule has 1 aromatic heterocycles. The third-order valence-corrected chi connectivity index (χ3v) is 3.59. The third kappa shape index (κ3) is 6.03. The summed E-state index contributed by atoms with van der Waals surface area (Å²) in [5.41, 5.74) is 0.533. The molecule has 0 unspecified atom stereocenters. The highest BCUT2D eigenvalue weighted by Gasteiger charge is 2.14. The van der Waals surface area contributed by atoms with Gasteiger partial charge >= 0.3 is 0 Å². The zero-order valence-corrected chi connectivity index (χ0v) is 15.6. The van der Waals surface area contributed by atoms with Gasteiger partial charge in [0.05, 0.1) is 25.9 Å². The van der Waals surface area contributed by atoms with Crippen molar-refractivity contribution in [3.63, 3.8) is 0 Å². The van der Waals surface area contributed by atoms with Crippen molar-refractivity contribution >= 4 is 23.2 Å². The summed E-state index contributed by atoms with van der Waals surface area (Å²) in [6.07, 6.45) is 0.766. The van der Waals surface area contributed by atoms with Crippen LogP contribution >= 0.6 is 11.6 Å². The van der Waals surface area contributed by atoms with Gasteiger partial charge in [0.25, 0.3) is 0 Å². The molecule has 1 N–H and O–H groups in total. The Morgan fingerprint density at radius 3 is 2.88 bits per heavy atom. The second-order valence-electron chi connectivity index (χ2n) is 6.27. The van der Waals surface area contributed by atoms with E-state index in [-0.39, 0.29) is 12.5 Å². The molecule has 0 spiro atoms. The van der Waals surface area contributed by atoms with Crippen LogP contribution in [0.2, 0.25) is 5.02 Å². The minimum atomic E-state index is -0.190. The van der Waals surface area contributed by atoms with E-state index in [2.05, 4.69) is 29.3 Å². The molecule has 1 aromatic carbocycles. The summed E-state index contributed by atoms with van der Waals surface area (Å²) < 4.78 is 10.4. The zero-order valence-electron chi connectivity index (χ0n) is 14.9. The van der Waals surface area contributed by atoms with Crippen molar-refractivity contribution in [3.05, 3.63) is 34.9 Å². The topological polar surface area (TPSA) is 80.5 Å². The van der Waals surface area contributed by atoms with Crippen molar-refractivity contribution in [1.82, 2.24) is 15.0 Å². The first-order valence-corrected chi connectivity index (χ1v) is 8.38. The standard InChI is InChI=1S/C17H23ClN4O3/c1-11(2)7-15-20-17(25-21-15)10-22(3)9-16(23)19-13-8-12(18)5-6-14(13)24-4/h5-6,8,11H,7,9-10H2,1-4H3,(H,19,23). The van der Waals surface area contributed by atoms with E-state index in [9.17, 15) is 4.79 Å². The predicted molar refractivity (Wildman–Crippen MR) is 95.8 cm³/mol. The van der Waals surface area contributed by atoms with Crippen molar-refractivity contribution in [2.24, 2.45) is 5.92 Å². The summed E-state index contributed by atoms with van der Waals surface area (Å²) in [6, 6.07) is 5.05. The molecule has 136 valence electrons. The smallest absolute Gasteiger partial charge is 0.240 e. The number of carbonyl (C=O) groups is 1. The second kappa shape index (κ2) is 8.82. The Hall–Kier alpha value is -2.12. The number of likely N-dealkylation sites (N-methyl/N-ethyl adjacent to an activating group) is 1. The summed E-state index contributed by atoms with van der Waals surface area (Å²) in [6.45, 7) is 4.75. The molecule has 0 atom stereocenters. The number of ether oxygens (including phenoxy) is 1. The fraction of sp³-hybridized carbons (Fsp3) is 0.471. The number of aromatic nitrogens is 2. The summed E-state index contributed by atoms with van der Waals surface area (Å²) in [4.78, 5) is 18.3. The van der Waals surface area contributed by atoms with Gasteiger partial charge in [-0.15, -0.1) is 0 Å². The van der Waals surface area contributed by atoms with Gasteiger partial charge in [0.15, 0.2) is 5.82 Å². The van der Waals surface area contributed by atoms with Gasteiger partial charge in [0.2, 0.25) is 11.8 Å². The summed E-state index contributed by atoms with van der Waals surface area (Å²) in [5.74, 6) is 2.00. The largest absolute Gasteiger partial charge is 0.495 e. The predicted octanol–water partition coefficient (Wildman–Crippen LogP) is 3.00. The van der Waals surface area contributed by atoms with Crippen LogP contribution in [-0.4, -0.2) is 41.6 Å². The lowest BCUT2D eigenvalue weighted by atomic mass is 10.1. The van der Waals surface area contributed by atoms with Crippen LogP contribution in [0.15, 0.2) is 22.7 Å². The first-order valence-electron chi connectivity index (χ1n) is 8.00. The Bertz CT molecular complexity index is 718. The number of benzene rings is 1. The van der Waals surface area contributed by atoms with Crippen LogP contribution in [0.3, 0.4) is 0 Å². The minimum Gasteiger partial charge on any atom is -0.495 e. The molecule has 0 radical (unpaired) electrons. The molecule has 0 saturated heterocycles. The minimum absolute atomic E-state index is 0.164. The average Bonchev–Trinajstić information content (AvgIpc) is 2.93. The highest BCUT2D eigenvalue weighted by Crippen LogP contribution is 2.27. The summed E-state index contributed by atoms with van der Waals surface area (Å²) >= 11 is 5.96. The Kier molecular flexibility index (Phi) is 6.78. The van der Waals surface area contributed by atoms with E-state index < -0.39 is 0 Å². The summed E-state index contributed by atoms with van der Waals surface area (Å²) in [7, 11) is 3.34. The number of hydrogen-bond acceptors (Lipinski definition) is 6. The molecule has 0 aliphatic carbocycles. The molecule has 0 saturated carbocycles. The first kappa shape index (κ1) is 19.2. The Balaban J connectivity index is 1.90.